The molecule has 37 heavy (non-hydrogen) atoms. The van der Waals surface area contributed by atoms with E-state index in [1.807, 2.05) is 12.1 Å². The van der Waals surface area contributed by atoms with Gasteiger partial charge in [0.15, 0.2) is 5.54 Å². The second kappa shape index (κ2) is 9.34. The Hall–Kier alpha value is -4.80. The molecule has 1 aromatic heterocycles. The van der Waals surface area contributed by atoms with Gasteiger partial charge in [-0.3, -0.25) is 29.1 Å². The number of carboxylic acids is 1. The van der Waals surface area contributed by atoms with Gasteiger partial charge in [0.05, 0.1) is 18.2 Å². The number of aldehydes is 1. The maximum absolute atomic E-state index is 13.8. The molecule has 3 aromatic rings. The van der Waals surface area contributed by atoms with E-state index in [-0.39, 0.29) is 12.1 Å². The zero-order chi connectivity index (χ0) is 26.2. The predicted octanol–water partition coefficient (Wildman–Crippen LogP) is 1.06. The van der Waals surface area contributed by atoms with Gasteiger partial charge in [0.1, 0.15) is 30.4 Å². The summed E-state index contributed by atoms with van der Waals surface area (Å²) in [4.78, 5) is 67.5. The van der Waals surface area contributed by atoms with Crippen LogP contribution in [0.1, 0.15) is 23.3 Å². The summed E-state index contributed by atoms with van der Waals surface area (Å²) in [6.07, 6.45) is 0.761. The normalized spacial score (nSPS) is 20.5. The van der Waals surface area contributed by atoms with Crippen molar-refractivity contribution in [3.8, 4) is 5.75 Å². The second-order valence-electron chi connectivity index (χ2n) is 8.88. The third-order valence-corrected chi connectivity index (χ3v) is 6.38. The number of amides is 3. The van der Waals surface area contributed by atoms with E-state index in [1.54, 1.807) is 42.5 Å². The first-order valence-corrected chi connectivity index (χ1v) is 11.5. The zero-order valence-electron chi connectivity index (χ0n) is 19.4. The lowest BCUT2D eigenvalue weighted by molar-refractivity contribution is -0.138. The van der Waals surface area contributed by atoms with Crippen LogP contribution in [0.3, 0.4) is 0 Å². The number of aliphatic carboxylic acids is 1. The van der Waals surface area contributed by atoms with Crippen molar-refractivity contribution < 1.29 is 33.8 Å². The fourth-order valence-corrected chi connectivity index (χ4v) is 4.51. The summed E-state index contributed by atoms with van der Waals surface area (Å²) in [5.74, 6) is -2.77. The Balaban J connectivity index is 1.43. The van der Waals surface area contributed by atoms with Crippen molar-refractivity contribution in [2.75, 3.05) is 11.4 Å². The number of carboxylic acid groups (broad SMARTS) is 1. The van der Waals surface area contributed by atoms with Crippen LogP contribution in [0.2, 0.25) is 0 Å². The number of pyridine rings is 1. The van der Waals surface area contributed by atoms with E-state index in [9.17, 15) is 24.0 Å². The van der Waals surface area contributed by atoms with Crippen LogP contribution in [0.25, 0.3) is 10.8 Å². The van der Waals surface area contributed by atoms with E-state index in [2.05, 4.69) is 15.6 Å². The Morgan fingerprint density at radius 1 is 1.16 bits per heavy atom. The Labute approximate surface area is 210 Å². The summed E-state index contributed by atoms with van der Waals surface area (Å²) in [5.41, 5.74) is -0.965. The Kier molecular flexibility index (Phi) is 6.04. The van der Waals surface area contributed by atoms with Gasteiger partial charge in [-0.15, -0.1) is 0 Å². The predicted molar refractivity (Wildman–Crippen MR) is 130 cm³/mol. The third-order valence-electron chi connectivity index (χ3n) is 6.38. The van der Waals surface area contributed by atoms with Crippen LogP contribution in [0.15, 0.2) is 60.8 Å². The van der Waals surface area contributed by atoms with Crippen molar-refractivity contribution in [2.45, 2.75) is 30.5 Å². The van der Waals surface area contributed by atoms with E-state index in [1.165, 1.54) is 11.1 Å². The standard InChI is InChI=1S/C26H22N4O7/c31-14-16(11-22(33)34)28-21(32)13-30-18-7-3-4-8-19(18)37-20-12-26(20,25(30)36)29-24(35)23-17-6-2-1-5-15(17)9-10-27-23/h1-10,14,16,20H,11-13H2,(H,28,32)(H,29,35)(H,33,34)/t16-,20+,26?/m0/s1. The number of nitrogens with zero attached hydrogens (tertiary/aromatic N) is 2. The number of ether oxygens (including phenoxy) is 1. The van der Waals surface area contributed by atoms with Gasteiger partial charge in [0.25, 0.3) is 11.8 Å². The average molecular weight is 502 g/mol. The molecule has 3 amide bonds. The van der Waals surface area contributed by atoms with Crippen LogP contribution < -0.4 is 20.3 Å². The monoisotopic (exact) mass is 502 g/mol. The van der Waals surface area contributed by atoms with Gasteiger partial charge in [-0.1, -0.05) is 36.4 Å². The van der Waals surface area contributed by atoms with Crippen LogP contribution >= 0.6 is 0 Å². The summed E-state index contributed by atoms with van der Waals surface area (Å²) >= 11 is 0. The van der Waals surface area contributed by atoms with Gasteiger partial charge in [0.2, 0.25) is 5.91 Å². The van der Waals surface area contributed by atoms with Crippen molar-refractivity contribution in [3.63, 3.8) is 0 Å². The number of para-hydroxylation sites is 2. The van der Waals surface area contributed by atoms with Crippen molar-refractivity contribution in [3.05, 3.63) is 66.5 Å². The first-order valence-electron chi connectivity index (χ1n) is 11.5. The molecule has 1 aliphatic carbocycles. The molecule has 0 spiro atoms. The van der Waals surface area contributed by atoms with Gasteiger partial charge in [-0.2, -0.15) is 0 Å². The van der Waals surface area contributed by atoms with Crippen LogP contribution in [-0.2, 0) is 19.2 Å². The highest BCUT2D eigenvalue weighted by Crippen LogP contribution is 2.47. The van der Waals surface area contributed by atoms with Gasteiger partial charge in [0, 0.05) is 18.0 Å². The molecule has 11 nitrogen and oxygen atoms in total. The van der Waals surface area contributed by atoms with Gasteiger partial charge in [-0.05, 0) is 23.6 Å². The molecule has 1 saturated carbocycles. The molecule has 11 heteroatoms. The number of carbonyl (C=O) groups is 5. The first-order chi connectivity index (χ1) is 17.8. The molecule has 1 unspecified atom stereocenters. The number of nitrogens with one attached hydrogen (secondary N) is 2. The van der Waals surface area contributed by atoms with Crippen LogP contribution in [0.4, 0.5) is 5.69 Å². The Morgan fingerprint density at radius 2 is 1.92 bits per heavy atom. The number of aromatic nitrogens is 1. The molecule has 0 radical (unpaired) electrons. The maximum Gasteiger partial charge on any atom is 0.305 e. The number of carbonyl (C=O) groups excluding carboxylic acids is 4. The van der Waals surface area contributed by atoms with Crippen molar-refractivity contribution in [1.29, 1.82) is 0 Å². The molecule has 0 saturated heterocycles. The lowest BCUT2D eigenvalue weighted by Gasteiger charge is -2.26. The molecule has 3 N–H and O–H groups in total. The molecule has 1 aliphatic heterocycles. The Bertz CT molecular complexity index is 1440. The number of anilines is 1. The van der Waals surface area contributed by atoms with Crippen LogP contribution in [0.5, 0.6) is 5.75 Å². The largest absolute Gasteiger partial charge is 0.485 e. The molecule has 188 valence electrons. The third kappa shape index (κ3) is 4.46. The topological polar surface area (TPSA) is 155 Å². The summed E-state index contributed by atoms with van der Waals surface area (Å²) in [6.45, 7) is -0.514. The van der Waals surface area contributed by atoms with Crippen molar-refractivity contribution in [1.82, 2.24) is 15.6 Å². The maximum atomic E-state index is 13.8. The Morgan fingerprint density at radius 3 is 2.70 bits per heavy atom. The molecule has 1 fully saturated rings. The van der Waals surface area contributed by atoms with Crippen LogP contribution in [-0.4, -0.2) is 64.3 Å². The minimum Gasteiger partial charge on any atom is -0.485 e. The van der Waals surface area contributed by atoms with E-state index in [0.717, 1.165) is 5.39 Å². The highest BCUT2D eigenvalue weighted by Gasteiger charge is 2.66. The second-order valence-corrected chi connectivity index (χ2v) is 8.88. The average Bonchev–Trinajstić information content (AvgIpc) is 3.59. The quantitative estimate of drug-likeness (QED) is 0.386. The molecular weight excluding hydrogens is 480 g/mol. The molecule has 0 bridgehead atoms. The molecule has 5 rings (SSSR count). The number of rotatable bonds is 8. The minimum atomic E-state index is -1.43. The van der Waals surface area contributed by atoms with E-state index in [4.69, 9.17) is 9.84 Å². The highest BCUT2D eigenvalue weighted by atomic mass is 16.5. The minimum absolute atomic E-state index is 0.152. The molecule has 2 aromatic carbocycles. The van der Waals surface area contributed by atoms with Gasteiger partial charge < -0.3 is 25.3 Å². The summed E-state index contributed by atoms with van der Waals surface area (Å²) < 4.78 is 6.03. The van der Waals surface area contributed by atoms with Gasteiger partial charge >= 0.3 is 5.97 Å². The van der Waals surface area contributed by atoms with E-state index >= 15 is 0 Å². The first kappa shape index (κ1) is 23.9. The van der Waals surface area contributed by atoms with E-state index < -0.39 is 54.3 Å². The molecular formula is C26H22N4O7. The molecule has 2 heterocycles. The van der Waals surface area contributed by atoms with E-state index in [0.29, 0.717) is 23.1 Å². The fraction of sp³-hybridized carbons (Fsp3) is 0.231. The zero-order valence-corrected chi connectivity index (χ0v) is 19.4. The lowest BCUT2D eigenvalue weighted by Crippen LogP contribution is -2.55. The number of hydrogen-bond acceptors (Lipinski definition) is 7. The number of fused-ring (bicyclic) bond motifs is 3. The molecule has 2 aliphatic rings. The number of hydrogen-bond donors (Lipinski definition) is 3. The fourth-order valence-electron chi connectivity index (χ4n) is 4.51. The summed E-state index contributed by atoms with van der Waals surface area (Å²) in [7, 11) is 0. The molecule has 3 atom stereocenters. The van der Waals surface area contributed by atoms with Crippen molar-refractivity contribution >= 4 is 46.4 Å². The summed E-state index contributed by atoms with van der Waals surface area (Å²) in [6, 6.07) is 14.4. The SMILES string of the molecule is O=C[C@H](CC(=O)O)NC(=O)CN1C(=O)C2(NC(=O)c3nccc4ccccc34)C[C@H]2Oc2ccccc21. The van der Waals surface area contributed by atoms with Crippen molar-refractivity contribution in [2.24, 2.45) is 0 Å². The van der Waals surface area contributed by atoms with Crippen LogP contribution in [0, 0.1) is 0 Å². The lowest BCUT2D eigenvalue weighted by atomic mass is 10.1. The highest BCUT2D eigenvalue weighted by molar-refractivity contribution is 6.12. The summed E-state index contributed by atoms with van der Waals surface area (Å²) in [5, 5.41) is 15.5. The number of benzene rings is 2. The smallest absolute Gasteiger partial charge is 0.305 e. The van der Waals surface area contributed by atoms with Gasteiger partial charge in [-0.25, -0.2) is 0 Å².